The molecule has 0 aliphatic carbocycles. The number of methoxy groups -OCH3 is 1. The standard InChI is InChI=1S/C23H27N3O5/c1-6-25-12-19(21(28)17-8-7-14(2)24-22(17)25)23(29)31-13-20(27)18-11-15(3)26(16(18)4)9-10-30-5/h7-8,11-12H,6,9-10,13H2,1-5H3. The van der Waals surface area contributed by atoms with Crippen LogP contribution in [-0.4, -0.2) is 46.2 Å². The van der Waals surface area contributed by atoms with Gasteiger partial charge < -0.3 is 18.6 Å². The van der Waals surface area contributed by atoms with Crippen molar-refractivity contribution in [2.45, 2.75) is 40.8 Å². The lowest BCUT2D eigenvalue weighted by Gasteiger charge is -2.11. The van der Waals surface area contributed by atoms with Crippen LogP contribution < -0.4 is 5.43 Å². The van der Waals surface area contributed by atoms with Crippen molar-refractivity contribution in [1.29, 1.82) is 0 Å². The monoisotopic (exact) mass is 425 g/mol. The minimum atomic E-state index is -0.823. The minimum Gasteiger partial charge on any atom is -0.454 e. The number of ether oxygens (including phenoxy) is 2. The highest BCUT2D eigenvalue weighted by atomic mass is 16.5. The fraction of sp³-hybridized carbons (Fsp3) is 0.391. The lowest BCUT2D eigenvalue weighted by Crippen LogP contribution is -2.23. The van der Waals surface area contributed by atoms with Crippen LogP contribution in [0.5, 0.6) is 0 Å². The average molecular weight is 425 g/mol. The van der Waals surface area contributed by atoms with E-state index in [-0.39, 0.29) is 11.3 Å². The van der Waals surface area contributed by atoms with Gasteiger partial charge in [-0.05, 0) is 45.9 Å². The van der Waals surface area contributed by atoms with Crippen molar-refractivity contribution in [2.75, 3.05) is 20.3 Å². The quantitative estimate of drug-likeness (QED) is 0.407. The third-order valence-electron chi connectivity index (χ3n) is 5.35. The summed E-state index contributed by atoms with van der Waals surface area (Å²) >= 11 is 0. The van der Waals surface area contributed by atoms with Crippen LogP contribution in [0.4, 0.5) is 0 Å². The molecule has 0 atom stereocenters. The molecule has 0 aliphatic rings. The fourth-order valence-electron chi connectivity index (χ4n) is 3.64. The molecule has 8 heteroatoms. The number of hydrogen-bond acceptors (Lipinski definition) is 6. The number of aryl methyl sites for hydroxylation is 3. The Labute approximate surface area is 180 Å². The van der Waals surface area contributed by atoms with Crippen LogP contribution >= 0.6 is 0 Å². The molecule has 3 rings (SSSR count). The number of ketones is 1. The number of fused-ring (bicyclic) bond motifs is 1. The predicted octanol–water partition coefficient (Wildman–Crippen LogP) is 2.83. The summed E-state index contributed by atoms with van der Waals surface area (Å²) < 4.78 is 14.0. The van der Waals surface area contributed by atoms with Gasteiger partial charge in [0.25, 0.3) is 0 Å². The van der Waals surface area contributed by atoms with E-state index < -0.39 is 18.0 Å². The Bertz CT molecular complexity index is 1210. The van der Waals surface area contributed by atoms with Crippen molar-refractivity contribution in [3.8, 4) is 0 Å². The fourth-order valence-corrected chi connectivity index (χ4v) is 3.64. The second kappa shape index (κ2) is 9.26. The van der Waals surface area contributed by atoms with Crippen molar-refractivity contribution in [3.63, 3.8) is 0 Å². The molecule has 0 unspecified atom stereocenters. The largest absolute Gasteiger partial charge is 0.454 e. The van der Waals surface area contributed by atoms with Crippen molar-refractivity contribution in [2.24, 2.45) is 0 Å². The van der Waals surface area contributed by atoms with Gasteiger partial charge in [-0.25, -0.2) is 9.78 Å². The van der Waals surface area contributed by atoms with Crippen LogP contribution in [0.1, 0.15) is 44.7 Å². The molecule has 0 aliphatic heterocycles. The summed E-state index contributed by atoms with van der Waals surface area (Å²) in [6.07, 6.45) is 1.44. The number of carbonyl (C=O) groups excluding carboxylic acids is 2. The molecule has 3 heterocycles. The summed E-state index contributed by atoms with van der Waals surface area (Å²) in [7, 11) is 1.62. The van der Waals surface area contributed by atoms with Crippen LogP contribution in [0, 0.1) is 20.8 Å². The Balaban J connectivity index is 1.82. The number of rotatable bonds is 8. The molecule has 3 aromatic heterocycles. The Morgan fingerprint density at radius 1 is 1.13 bits per heavy atom. The Morgan fingerprint density at radius 2 is 1.87 bits per heavy atom. The van der Waals surface area contributed by atoms with E-state index in [4.69, 9.17) is 9.47 Å². The summed E-state index contributed by atoms with van der Waals surface area (Å²) in [5, 5.41) is 0.343. The van der Waals surface area contributed by atoms with Gasteiger partial charge in [-0.1, -0.05) is 0 Å². The van der Waals surface area contributed by atoms with E-state index in [9.17, 15) is 14.4 Å². The van der Waals surface area contributed by atoms with Gasteiger partial charge in [0.15, 0.2) is 6.61 Å². The van der Waals surface area contributed by atoms with Gasteiger partial charge in [-0.2, -0.15) is 0 Å². The number of Topliss-reactive ketones (excluding diaryl/α,β-unsaturated/α-hetero) is 1. The summed E-state index contributed by atoms with van der Waals surface area (Å²) in [4.78, 5) is 42.6. The van der Waals surface area contributed by atoms with Crippen LogP contribution in [-0.2, 0) is 22.6 Å². The van der Waals surface area contributed by atoms with Crippen molar-refractivity contribution < 1.29 is 19.1 Å². The van der Waals surface area contributed by atoms with Crippen molar-refractivity contribution >= 4 is 22.8 Å². The molecule has 0 radical (unpaired) electrons. The van der Waals surface area contributed by atoms with E-state index >= 15 is 0 Å². The van der Waals surface area contributed by atoms with Crippen LogP contribution in [0.15, 0.2) is 29.2 Å². The molecule has 8 nitrogen and oxygen atoms in total. The first kappa shape index (κ1) is 22.4. The molecule has 0 saturated heterocycles. The van der Waals surface area contributed by atoms with Gasteiger partial charge in [-0.15, -0.1) is 0 Å². The number of esters is 1. The molecule has 0 bridgehead atoms. The summed E-state index contributed by atoms with van der Waals surface area (Å²) in [6.45, 7) is 8.72. The maximum Gasteiger partial charge on any atom is 0.344 e. The third kappa shape index (κ3) is 4.44. The van der Waals surface area contributed by atoms with E-state index in [2.05, 4.69) is 4.98 Å². The van der Waals surface area contributed by atoms with E-state index in [1.807, 2.05) is 32.3 Å². The smallest absolute Gasteiger partial charge is 0.344 e. The molecule has 0 amide bonds. The highest BCUT2D eigenvalue weighted by molar-refractivity contribution is 6.01. The molecule has 0 saturated carbocycles. The SMILES string of the molecule is CCn1cc(C(=O)OCC(=O)c2cc(C)n(CCOC)c2C)c(=O)c2ccc(C)nc21. The maximum atomic E-state index is 12.8. The first-order valence-electron chi connectivity index (χ1n) is 10.1. The van der Waals surface area contributed by atoms with E-state index in [0.717, 1.165) is 17.1 Å². The van der Waals surface area contributed by atoms with Crippen LogP contribution in [0.2, 0.25) is 0 Å². The summed E-state index contributed by atoms with van der Waals surface area (Å²) in [5.74, 6) is -1.14. The average Bonchev–Trinajstić information content (AvgIpc) is 3.04. The second-order valence-corrected chi connectivity index (χ2v) is 7.41. The molecular weight excluding hydrogens is 398 g/mol. The molecule has 0 spiro atoms. The van der Waals surface area contributed by atoms with E-state index in [1.165, 1.54) is 6.20 Å². The zero-order valence-corrected chi connectivity index (χ0v) is 18.5. The van der Waals surface area contributed by atoms with Gasteiger partial charge in [-0.3, -0.25) is 9.59 Å². The van der Waals surface area contributed by atoms with Crippen molar-refractivity contribution in [1.82, 2.24) is 14.1 Å². The van der Waals surface area contributed by atoms with Gasteiger partial charge in [0.2, 0.25) is 11.2 Å². The molecule has 0 aromatic carbocycles. The first-order valence-corrected chi connectivity index (χ1v) is 10.1. The van der Waals surface area contributed by atoms with Gasteiger partial charge in [0, 0.05) is 49.0 Å². The lowest BCUT2D eigenvalue weighted by atomic mass is 10.1. The molecule has 0 fully saturated rings. The summed E-state index contributed by atoms with van der Waals surface area (Å²) in [6, 6.07) is 5.15. The zero-order valence-electron chi connectivity index (χ0n) is 18.5. The Morgan fingerprint density at radius 3 is 2.55 bits per heavy atom. The molecule has 164 valence electrons. The Hall–Kier alpha value is -3.26. The number of nitrogens with zero attached hydrogens (tertiary/aromatic N) is 3. The van der Waals surface area contributed by atoms with Crippen molar-refractivity contribution in [3.05, 3.63) is 62.8 Å². The highest BCUT2D eigenvalue weighted by Crippen LogP contribution is 2.16. The number of hydrogen-bond donors (Lipinski definition) is 0. The summed E-state index contributed by atoms with van der Waals surface area (Å²) in [5.41, 5.74) is 2.93. The maximum absolute atomic E-state index is 12.8. The highest BCUT2D eigenvalue weighted by Gasteiger charge is 2.21. The predicted molar refractivity (Wildman–Crippen MR) is 117 cm³/mol. The normalized spacial score (nSPS) is 11.1. The topological polar surface area (TPSA) is 92.4 Å². The number of carbonyl (C=O) groups is 2. The minimum absolute atomic E-state index is 0.113. The van der Waals surface area contributed by atoms with E-state index in [1.54, 1.807) is 29.9 Å². The molecule has 31 heavy (non-hydrogen) atoms. The van der Waals surface area contributed by atoms with Gasteiger partial charge in [0.1, 0.15) is 11.2 Å². The third-order valence-corrected chi connectivity index (χ3v) is 5.35. The second-order valence-electron chi connectivity index (χ2n) is 7.41. The zero-order chi connectivity index (χ0) is 22.7. The Kier molecular flexibility index (Phi) is 6.70. The van der Waals surface area contributed by atoms with E-state index in [0.29, 0.717) is 36.3 Å². The van der Waals surface area contributed by atoms with Gasteiger partial charge in [0.05, 0.1) is 12.0 Å². The van der Waals surface area contributed by atoms with Gasteiger partial charge >= 0.3 is 5.97 Å². The molecule has 3 aromatic rings. The van der Waals surface area contributed by atoms with Crippen LogP contribution in [0.3, 0.4) is 0 Å². The van der Waals surface area contributed by atoms with Crippen LogP contribution in [0.25, 0.3) is 11.0 Å². The lowest BCUT2D eigenvalue weighted by molar-refractivity contribution is 0.0472. The molecular formula is C23H27N3O5. The first-order chi connectivity index (χ1) is 14.8. The number of aromatic nitrogens is 3. The number of pyridine rings is 2. The molecule has 0 N–H and O–H groups in total.